The van der Waals surface area contributed by atoms with E-state index in [0.29, 0.717) is 30.4 Å². The summed E-state index contributed by atoms with van der Waals surface area (Å²) < 4.78 is 9.39. The van der Waals surface area contributed by atoms with Gasteiger partial charge < -0.3 is 19.4 Å². The number of hydrogen-bond donors (Lipinski definition) is 1. The molecular formula is C27H32N6O3S. The molecule has 1 N–H and O–H groups in total. The van der Waals surface area contributed by atoms with Crippen molar-refractivity contribution >= 4 is 29.0 Å². The largest absolute Gasteiger partial charge is 0.444 e. The van der Waals surface area contributed by atoms with Gasteiger partial charge in [0.15, 0.2) is 0 Å². The van der Waals surface area contributed by atoms with E-state index in [1.165, 1.54) is 11.3 Å². The number of hydrogen-bond acceptors (Lipinski definition) is 6. The second-order valence-corrected chi connectivity index (χ2v) is 11.5. The van der Waals surface area contributed by atoms with Gasteiger partial charge in [-0.05, 0) is 69.4 Å². The standard InChI is InChI=1S/C27H32N6O3S/c1-27(2,3)36-26(35)32-11-6-19(7-12-32)17-33-18-21(16-30-33)22-4-5-23(37-22)25(34)29-15-20-8-10-31-13-9-28-24(31)14-20/h4-5,8-10,13-14,16,18-19H,6-7,11-12,15,17H2,1-3H3,(H,29,34). The normalized spacial score (nSPS) is 14.7. The Bertz CT molecular complexity index is 1390. The molecule has 37 heavy (non-hydrogen) atoms. The third kappa shape index (κ3) is 6.19. The molecule has 0 aliphatic carbocycles. The molecule has 1 saturated heterocycles. The van der Waals surface area contributed by atoms with Gasteiger partial charge in [0, 0.05) is 61.4 Å². The minimum Gasteiger partial charge on any atom is -0.444 e. The maximum Gasteiger partial charge on any atom is 0.410 e. The summed E-state index contributed by atoms with van der Waals surface area (Å²) in [5, 5.41) is 7.55. The van der Waals surface area contributed by atoms with Gasteiger partial charge in [0.05, 0.1) is 11.1 Å². The van der Waals surface area contributed by atoms with Gasteiger partial charge in [-0.25, -0.2) is 9.78 Å². The van der Waals surface area contributed by atoms with Crippen molar-refractivity contribution in [3.63, 3.8) is 0 Å². The van der Waals surface area contributed by atoms with Crippen molar-refractivity contribution in [2.75, 3.05) is 13.1 Å². The lowest BCUT2D eigenvalue weighted by atomic mass is 9.97. The molecule has 0 spiro atoms. The molecule has 0 radical (unpaired) electrons. The Morgan fingerprint density at radius 2 is 1.97 bits per heavy atom. The second-order valence-electron chi connectivity index (χ2n) is 10.4. The molecule has 0 atom stereocenters. The van der Waals surface area contributed by atoms with E-state index in [-0.39, 0.29) is 12.0 Å². The number of nitrogens with zero attached hydrogens (tertiary/aromatic N) is 5. The predicted octanol–water partition coefficient (Wildman–Crippen LogP) is 4.84. The number of rotatable bonds is 6. The fraction of sp³-hybridized carbons (Fsp3) is 0.407. The highest BCUT2D eigenvalue weighted by Crippen LogP contribution is 2.29. The third-order valence-corrected chi connectivity index (χ3v) is 7.51. The van der Waals surface area contributed by atoms with Crippen LogP contribution in [0.25, 0.3) is 16.1 Å². The number of ether oxygens (including phenoxy) is 1. The van der Waals surface area contributed by atoms with Crippen molar-refractivity contribution in [3.8, 4) is 10.4 Å². The Morgan fingerprint density at radius 3 is 2.76 bits per heavy atom. The summed E-state index contributed by atoms with van der Waals surface area (Å²) in [6, 6.07) is 7.77. The van der Waals surface area contributed by atoms with Crippen LogP contribution in [0.2, 0.25) is 0 Å². The topological polar surface area (TPSA) is 93.8 Å². The van der Waals surface area contributed by atoms with Crippen LogP contribution in [0.5, 0.6) is 0 Å². The molecule has 194 valence electrons. The number of aromatic nitrogens is 4. The van der Waals surface area contributed by atoms with E-state index in [1.54, 1.807) is 11.1 Å². The SMILES string of the molecule is CC(C)(C)OC(=O)N1CCC(Cn2cc(-c3ccc(C(=O)NCc4ccn5ccnc5c4)s3)cn2)CC1. The Labute approximate surface area is 220 Å². The molecule has 0 aromatic carbocycles. The first-order chi connectivity index (χ1) is 17.7. The lowest BCUT2D eigenvalue weighted by molar-refractivity contribution is 0.0177. The van der Waals surface area contributed by atoms with Crippen LogP contribution in [-0.4, -0.2) is 54.8 Å². The Kier molecular flexibility index (Phi) is 7.01. The van der Waals surface area contributed by atoms with Crippen molar-refractivity contribution in [3.05, 3.63) is 65.7 Å². The van der Waals surface area contributed by atoms with Crippen molar-refractivity contribution in [2.45, 2.75) is 52.3 Å². The lowest BCUT2D eigenvalue weighted by Crippen LogP contribution is -2.42. The summed E-state index contributed by atoms with van der Waals surface area (Å²) in [7, 11) is 0. The van der Waals surface area contributed by atoms with E-state index in [2.05, 4.69) is 15.4 Å². The van der Waals surface area contributed by atoms with Crippen LogP contribution < -0.4 is 5.32 Å². The van der Waals surface area contributed by atoms with Crippen LogP contribution in [0.3, 0.4) is 0 Å². The summed E-state index contributed by atoms with van der Waals surface area (Å²) in [5.74, 6) is 0.362. The lowest BCUT2D eigenvalue weighted by Gasteiger charge is -2.33. The quantitative estimate of drug-likeness (QED) is 0.393. The summed E-state index contributed by atoms with van der Waals surface area (Å²) in [5.41, 5.74) is 2.38. The first-order valence-electron chi connectivity index (χ1n) is 12.5. The van der Waals surface area contributed by atoms with Crippen LogP contribution in [-0.2, 0) is 17.8 Å². The zero-order chi connectivity index (χ0) is 26.0. The molecule has 1 fully saturated rings. The molecule has 4 aromatic heterocycles. The van der Waals surface area contributed by atoms with E-state index >= 15 is 0 Å². The summed E-state index contributed by atoms with van der Waals surface area (Å²) >= 11 is 1.46. The monoisotopic (exact) mass is 520 g/mol. The Morgan fingerprint density at radius 1 is 1.16 bits per heavy atom. The third-order valence-electron chi connectivity index (χ3n) is 6.37. The van der Waals surface area contributed by atoms with E-state index in [0.717, 1.165) is 41.0 Å². The molecule has 1 aliphatic heterocycles. The van der Waals surface area contributed by atoms with Crippen molar-refractivity contribution in [1.29, 1.82) is 0 Å². The number of piperidine rings is 1. The number of thiophene rings is 1. The molecule has 4 aromatic rings. The Hall–Kier alpha value is -3.66. The number of carbonyl (C=O) groups is 2. The molecule has 0 saturated carbocycles. The highest BCUT2D eigenvalue weighted by atomic mass is 32.1. The van der Waals surface area contributed by atoms with Gasteiger partial charge in [-0.3, -0.25) is 9.48 Å². The van der Waals surface area contributed by atoms with Gasteiger partial charge in [0.25, 0.3) is 5.91 Å². The number of imidazole rings is 1. The highest BCUT2D eigenvalue weighted by Gasteiger charge is 2.27. The molecule has 2 amide bonds. The number of amides is 2. The summed E-state index contributed by atoms with van der Waals surface area (Å²) in [6.07, 6.45) is 11.1. The molecule has 0 unspecified atom stereocenters. The minimum atomic E-state index is -0.475. The zero-order valence-electron chi connectivity index (χ0n) is 21.4. The minimum absolute atomic E-state index is 0.0939. The molecule has 1 aliphatic rings. The van der Waals surface area contributed by atoms with Crippen LogP contribution in [0.4, 0.5) is 4.79 Å². The Balaban J connectivity index is 1.12. The van der Waals surface area contributed by atoms with Crippen LogP contribution >= 0.6 is 11.3 Å². The fourth-order valence-corrected chi connectivity index (χ4v) is 5.32. The summed E-state index contributed by atoms with van der Waals surface area (Å²) in [6.45, 7) is 8.32. The van der Waals surface area contributed by atoms with Crippen molar-refractivity contribution in [2.24, 2.45) is 5.92 Å². The smallest absolute Gasteiger partial charge is 0.410 e. The molecule has 10 heteroatoms. The van der Waals surface area contributed by atoms with Crippen LogP contribution in [0, 0.1) is 5.92 Å². The maximum absolute atomic E-state index is 12.7. The van der Waals surface area contributed by atoms with Crippen molar-refractivity contribution < 1.29 is 14.3 Å². The molecular weight excluding hydrogens is 488 g/mol. The fourth-order valence-electron chi connectivity index (χ4n) is 4.43. The van der Waals surface area contributed by atoms with E-state index < -0.39 is 5.60 Å². The highest BCUT2D eigenvalue weighted by molar-refractivity contribution is 7.17. The van der Waals surface area contributed by atoms with E-state index in [1.807, 2.05) is 78.9 Å². The summed E-state index contributed by atoms with van der Waals surface area (Å²) in [4.78, 5) is 32.8. The number of pyridine rings is 1. The van der Waals surface area contributed by atoms with Crippen LogP contribution in [0.1, 0.15) is 48.8 Å². The molecule has 0 bridgehead atoms. The van der Waals surface area contributed by atoms with Gasteiger partial charge in [0.2, 0.25) is 0 Å². The van der Waals surface area contributed by atoms with Crippen LogP contribution in [0.15, 0.2) is 55.2 Å². The van der Waals surface area contributed by atoms with Gasteiger partial charge in [-0.15, -0.1) is 11.3 Å². The molecule has 9 nitrogen and oxygen atoms in total. The predicted molar refractivity (Wildman–Crippen MR) is 142 cm³/mol. The number of likely N-dealkylation sites (tertiary alicyclic amines) is 1. The van der Waals surface area contributed by atoms with Gasteiger partial charge in [-0.1, -0.05) is 0 Å². The van der Waals surface area contributed by atoms with E-state index in [9.17, 15) is 9.59 Å². The number of carbonyl (C=O) groups excluding carboxylic acids is 2. The van der Waals surface area contributed by atoms with Gasteiger partial charge in [0.1, 0.15) is 11.2 Å². The second kappa shape index (κ2) is 10.4. The molecule has 5 heterocycles. The van der Waals surface area contributed by atoms with E-state index in [4.69, 9.17) is 4.74 Å². The first kappa shape index (κ1) is 25.0. The number of fused-ring (bicyclic) bond motifs is 1. The number of nitrogens with one attached hydrogen (secondary N) is 1. The van der Waals surface area contributed by atoms with Crippen molar-refractivity contribution in [1.82, 2.24) is 29.4 Å². The average Bonchev–Trinajstić information content (AvgIpc) is 3.62. The first-order valence-corrected chi connectivity index (χ1v) is 13.4. The van der Waals surface area contributed by atoms with Gasteiger partial charge in [-0.2, -0.15) is 5.10 Å². The average molecular weight is 521 g/mol. The van der Waals surface area contributed by atoms with Gasteiger partial charge >= 0.3 is 6.09 Å². The maximum atomic E-state index is 12.7. The zero-order valence-corrected chi connectivity index (χ0v) is 22.2. The molecule has 5 rings (SSSR count).